The number of furan rings is 1. The number of hydrogen-bond donors (Lipinski definition) is 1. The van der Waals surface area contributed by atoms with Crippen molar-refractivity contribution in [2.45, 2.75) is 13.5 Å². The first-order chi connectivity index (χ1) is 12.8. The average Bonchev–Trinajstić information content (AvgIpc) is 3.06. The largest absolute Gasteiger partial charge is 0.460 e. The molecule has 6 heteroatoms. The van der Waals surface area contributed by atoms with Crippen molar-refractivity contribution in [3.8, 4) is 0 Å². The van der Waals surface area contributed by atoms with E-state index in [-0.39, 0.29) is 12.4 Å². The number of hydrogen-bond acceptors (Lipinski definition) is 6. The Morgan fingerprint density at radius 1 is 1.08 bits per heavy atom. The zero-order valence-electron chi connectivity index (χ0n) is 14.2. The van der Waals surface area contributed by atoms with E-state index >= 15 is 0 Å². The van der Waals surface area contributed by atoms with Gasteiger partial charge in [-0.25, -0.2) is 14.8 Å². The third kappa shape index (κ3) is 2.97. The lowest BCUT2D eigenvalue weighted by atomic mass is 10.2. The fraction of sp³-hybridized carbons (Fsp3) is 0.150. The molecule has 4 aromatic rings. The van der Waals surface area contributed by atoms with Crippen molar-refractivity contribution in [1.29, 1.82) is 0 Å². The number of aromatic nitrogens is 2. The molecule has 0 saturated carbocycles. The topological polar surface area (TPSA) is 77.2 Å². The highest BCUT2D eigenvalue weighted by Gasteiger charge is 2.19. The molecule has 0 amide bonds. The molecule has 0 fully saturated rings. The van der Waals surface area contributed by atoms with E-state index in [2.05, 4.69) is 15.3 Å². The summed E-state index contributed by atoms with van der Waals surface area (Å²) < 4.78 is 11.0. The summed E-state index contributed by atoms with van der Waals surface area (Å²) in [6.07, 6.45) is 0. The lowest BCUT2D eigenvalue weighted by Crippen LogP contribution is -2.12. The van der Waals surface area contributed by atoms with E-state index in [9.17, 15) is 4.79 Å². The minimum Gasteiger partial charge on any atom is -0.460 e. The smallest absolute Gasteiger partial charge is 0.376 e. The Balaban J connectivity index is 1.81. The van der Waals surface area contributed by atoms with Crippen LogP contribution in [-0.2, 0) is 11.3 Å². The Kier molecular flexibility index (Phi) is 4.23. The first kappa shape index (κ1) is 16.1. The summed E-state index contributed by atoms with van der Waals surface area (Å²) >= 11 is 0. The van der Waals surface area contributed by atoms with Crippen LogP contribution in [0.5, 0.6) is 0 Å². The summed E-state index contributed by atoms with van der Waals surface area (Å²) in [5.41, 5.74) is 2.90. The molecule has 2 heterocycles. The molecule has 2 aromatic carbocycles. The molecule has 0 aliphatic heterocycles. The Labute approximate surface area is 149 Å². The Hall–Kier alpha value is -3.41. The van der Waals surface area contributed by atoms with Crippen molar-refractivity contribution in [2.24, 2.45) is 0 Å². The lowest BCUT2D eigenvalue weighted by molar-refractivity contribution is 0.0512. The quantitative estimate of drug-likeness (QED) is 0.546. The lowest BCUT2D eigenvalue weighted by Gasteiger charge is -2.08. The maximum absolute atomic E-state index is 12.2. The van der Waals surface area contributed by atoms with Crippen molar-refractivity contribution in [2.75, 3.05) is 11.9 Å². The molecule has 0 aliphatic rings. The Bertz CT molecular complexity index is 1070. The summed E-state index contributed by atoms with van der Waals surface area (Å²) in [6, 6.07) is 17.5. The maximum Gasteiger partial charge on any atom is 0.376 e. The van der Waals surface area contributed by atoms with E-state index < -0.39 is 5.97 Å². The minimum atomic E-state index is -0.553. The number of ether oxygens (including phenoxy) is 1. The fourth-order valence-electron chi connectivity index (χ4n) is 2.78. The van der Waals surface area contributed by atoms with Crippen LogP contribution in [-0.4, -0.2) is 22.5 Å². The molecule has 130 valence electrons. The normalized spacial score (nSPS) is 11.0. The van der Waals surface area contributed by atoms with Gasteiger partial charge in [-0.15, -0.1) is 0 Å². The van der Waals surface area contributed by atoms with Crippen molar-refractivity contribution < 1.29 is 13.9 Å². The van der Waals surface area contributed by atoms with Crippen LogP contribution in [0.25, 0.3) is 22.1 Å². The molecule has 0 bridgehead atoms. The van der Waals surface area contributed by atoms with Gasteiger partial charge in [0.05, 0.1) is 6.61 Å². The Morgan fingerprint density at radius 3 is 2.65 bits per heavy atom. The van der Waals surface area contributed by atoms with Gasteiger partial charge in [0.1, 0.15) is 11.1 Å². The molecular formula is C20H17N3O3. The van der Waals surface area contributed by atoms with Crippen LogP contribution >= 0.6 is 0 Å². The van der Waals surface area contributed by atoms with Gasteiger partial charge in [0.25, 0.3) is 0 Å². The van der Waals surface area contributed by atoms with E-state index in [0.717, 1.165) is 10.9 Å². The highest BCUT2D eigenvalue weighted by atomic mass is 16.5. The number of benzene rings is 2. The summed E-state index contributed by atoms with van der Waals surface area (Å²) in [6.45, 7) is 2.56. The summed E-state index contributed by atoms with van der Waals surface area (Å²) in [4.78, 5) is 20.9. The standard InChI is InChI=1S/C20H17N3O3/c1-2-25-20(24)19-22-16-14-10-6-7-11-15(14)26-17(16)18(23-19)21-12-13-8-4-3-5-9-13/h3-11H,2,12H2,1H3,(H,21,22,23). The molecule has 0 atom stereocenters. The van der Waals surface area contributed by atoms with Gasteiger partial charge in [-0.3, -0.25) is 0 Å². The van der Waals surface area contributed by atoms with E-state index in [1.54, 1.807) is 6.92 Å². The monoisotopic (exact) mass is 347 g/mol. The first-order valence-corrected chi connectivity index (χ1v) is 8.40. The number of anilines is 1. The minimum absolute atomic E-state index is 0.0152. The van der Waals surface area contributed by atoms with Gasteiger partial charge in [0.2, 0.25) is 5.82 Å². The predicted molar refractivity (Wildman–Crippen MR) is 99.0 cm³/mol. The first-order valence-electron chi connectivity index (χ1n) is 8.40. The number of para-hydroxylation sites is 1. The van der Waals surface area contributed by atoms with Crippen molar-refractivity contribution in [3.63, 3.8) is 0 Å². The van der Waals surface area contributed by atoms with Gasteiger partial charge in [0.15, 0.2) is 11.4 Å². The second kappa shape index (κ2) is 6.84. The van der Waals surface area contributed by atoms with Gasteiger partial charge < -0.3 is 14.5 Å². The van der Waals surface area contributed by atoms with E-state index in [1.807, 2.05) is 54.6 Å². The number of rotatable bonds is 5. The summed E-state index contributed by atoms with van der Waals surface area (Å²) in [7, 11) is 0. The van der Waals surface area contributed by atoms with E-state index in [0.29, 0.717) is 29.0 Å². The average molecular weight is 347 g/mol. The van der Waals surface area contributed by atoms with Gasteiger partial charge in [-0.2, -0.15) is 0 Å². The number of nitrogens with zero attached hydrogens (tertiary/aromatic N) is 2. The SMILES string of the molecule is CCOC(=O)c1nc(NCc2ccccc2)c2oc3ccccc3c2n1. The highest BCUT2D eigenvalue weighted by molar-refractivity contribution is 6.06. The molecule has 0 saturated heterocycles. The number of nitrogens with one attached hydrogen (secondary N) is 1. The molecule has 6 nitrogen and oxygen atoms in total. The maximum atomic E-state index is 12.2. The van der Waals surface area contributed by atoms with Crippen molar-refractivity contribution in [3.05, 3.63) is 66.0 Å². The van der Waals surface area contributed by atoms with Gasteiger partial charge in [-0.1, -0.05) is 42.5 Å². The van der Waals surface area contributed by atoms with E-state index in [1.165, 1.54) is 0 Å². The molecule has 1 N–H and O–H groups in total. The van der Waals surface area contributed by atoms with Crippen LogP contribution in [0.4, 0.5) is 5.82 Å². The van der Waals surface area contributed by atoms with Crippen LogP contribution < -0.4 is 5.32 Å². The number of esters is 1. The molecule has 4 rings (SSSR count). The molecule has 0 aliphatic carbocycles. The van der Waals surface area contributed by atoms with Crippen molar-refractivity contribution in [1.82, 2.24) is 9.97 Å². The predicted octanol–water partition coefficient (Wildman–Crippen LogP) is 4.16. The van der Waals surface area contributed by atoms with Crippen molar-refractivity contribution >= 4 is 33.9 Å². The summed E-state index contributed by atoms with van der Waals surface area (Å²) in [5, 5.41) is 4.08. The molecule has 0 unspecified atom stereocenters. The third-order valence-electron chi connectivity index (χ3n) is 3.98. The second-order valence-electron chi connectivity index (χ2n) is 5.73. The molecule has 0 radical (unpaired) electrons. The van der Waals surface area contributed by atoms with Gasteiger partial charge in [-0.05, 0) is 24.6 Å². The van der Waals surface area contributed by atoms with Crippen LogP contribution in [0.2, 0.25) is 0 Å². The zero-order chi connectivity index (χ0) is 17.9. The third-order valence-corrected chi connectivity index (χ3v) is 3.98. The second-order valence-corrected chi connectivity index (χ2v) is 5.73. The molecular weight excluding hydrogens is 330 g/mol. The number of fused-ring (bicyclic) bond motifs is 3. The molecule has 26 heavy (non-hydrogen) atoms. The highest BCUT2D eigenvalue weighted by Crippen LogP contribution is 2.31. The van der Waals surface area contributed by atoms with Crippen LogP contribution in [0.1, 0.15) is 23.1 Å². The number of carbonyl (C=O) groups excluding carboxylic acids is 1. The van der Waals surface area contributed by atoms with Crippen LogP contribution in [0.3, 0.4) is 0 Å². The number of carbonyl (C=O) groups is 1. The van der Waals surface area contributed by atoms with Crippen LogP contribution in [0.15, 0.2) is 59.0 Å². The van der Waals surface area contributed by atoms with Crippen LogP contribution in [0, 0.1) is 0 Å². The zero-order valence-corrected chi connectivity index (χ0v) is 14.2. The van der Waals surface area contributed by atoms with E-state index in [4.69, 9.17) is 9.15 Å². The Morgan fingerprint density at radius 2 is 1.85 bits per heavy atom. The summed E-state index contributed by atoms with van der Waals surface area (Å²) in [5.74, 6) is -0.0676. The molecule has 0 spiro atoms. The fourth-order valence-corrected chi connectivity index (χ4v) is 2.78. The van der Waals surface area contributed by atoms with Gasteiger partial charge in [0, 0.05) is 11.9 Å². The van der Waals surface area contributed by atoms with Gasteiger partial charge >= 0.3 is 5.97 Å². The molecule has 2 aromatic heterocycles.